The molecule has 1 unspecified atom stereocenters. The van der Waals surface area contributed by atoms with E-state index < -0.39 is 17.6 Å². The van der Waals surface area contributed by atoms with Crippen molar-refractivity contribution in [2.75, 3.05) is 27.3 Å². The molecule has 1 saturated heterocycles. The van der Waals surface area contributed by atoms with Crippen LogP contribution in [0.1, 0.15) is 18.4 Å². The number of likely N-dealkylation sites (tertiary alicyclic amines) is 1. The predicted molar refractivity (Wildman–Crippen MR) is 88.5 cm³/mol. The molecule has 6 nitrogen and oxygen atoms in total. The Balaban J connectivity index is 2.17. The van der Waals surface area contributed by atoms with Gasteiger partial charge in [-0.1, -0.05) is 12.1 Å². The Morgan fingerprint density at radius 1 is 1.25 bits per heavy atom. The molecule has 0 spiro atoms. The van der Waals surface area contributed by atoms with Gasteiger partial charge in [0.15, 0.2) is 23.2 Å². The number of nitriles is 1. The summed E-state index contributed by atoms with van der Waals surface area (Å²) in [5.74, 6) is -1.21. The number of carbonyl (C=O) groups is 2. The van der Waals surface area contributed by atoms with Gasteiger partial charge < -0.3 is 14.4 Å². The highest BCUT2D eigenvalue weighted by Gasteiger charge is 2.30. The first-order valence-corrected chi connectivity index (χ1v) is 7.73. The summed E-state index contributed by atoms with van der Waals surface area (Å²) in [7, 11) is 3.03. The summed E-state index contributed by atoms with van der Waals surface area (Å²) in [6.45, 7) is 1.22. The number of hydrogen-bond donors (Lipinski definition) is 0. The van der Waals surface area contributed by atoms with Crippen molar-refractivity contribution in [3.05, 3.63) is 29.8 Å². The van der Waals surface area contributed by atoms with Crippen LogP contribution in [-0.4, -0.2) is 43.9 Å². The molecule has 1 aliphatic rings. The van der Waals surface area contributed by atoms with Gasteiger partial charge in [0.25, 0.3) is 0 Å². The quantitative estimate of drug-likeness (QED) is 0.590. The van der Waals surface area contributed by atoms with Crippen LogP contribution in [0.5, 0.6) is 11.5 Å². The van der Waals surface area contributed by atoms with Crippen molar-refractivity contribution in [3.8, 4) is 17.6 Å². The van der Waals surface area contributed by atoms with Gasteiger partial charge in [0.05, 0.1) is 20.3 Å². The Labute approximate surface area is 141 Å². The van der Waals surface area contributed by atoms with E-state index in [2.05, 4.69) is 0 Å². The molecule has 1 fully saturated rings. The lowest BCUT2D eigenvalue weighted by Gasteiger charge is -2.17. The molecule has 0 aliphatic carbocycles. The van der Waals surface area contributed by atoms with E-state index in [0.29, 0.717) is 30.2 Å². The molecule has 24 heavy (non-hydrogen) atoms. The second-order valence-corrected chi connectivity index (χ2v) is 5.41. The van der Waals surface area contributed by atoms with Crippen molar-refractivity contribution >= 4 is 17.8 Å². The SMILES string of the molecule is COc1cccc(C=CC(=O)C(C#N)C(=O)N2CCCC2)c1OC. The van der Waals surface area contributed by atoms with Crippen LogP contribution in [0, 0.1) is 17.2 Å². The molecular weight excluding hydrogens is 308 g/mol. The minimum absolute atomic E-state index is 0.415. The summed E-state index contributed by atoms with van der Waals surface area (Å²) in [6.07, 6.45) is 4.61. The highest BCUT2D eigenvalue weighted by Crippen LogP contribution is 2.31. The Hall–Kier alpha value is -2.81. The molecule has 1 atom stereocenters. The summed E-state index contributed by atoms with van der Waals surface area (Å²) in [4.78, 5) is 26.1. The van der Waals surface area contributed by atoms with Crippen molar-refractivity contribution in [1.29, 1.82) is 5.26 Å². The van der Waals surface area contributed by atoms with E-state index in [4.69, 9.17) is 9.47 Å². The Bertz CT molecular complexity index is 685. The fraction of sp³-hybridized carbons (Fsp3) is 0.389. The van der Waals surface area contributed by atoms with Crippen molar-refractivity contribution in [2.45, 2.75) is 12.8 Å². The molecule has 1 amide bonds. The van der Waals surface area contributed by atoms with E-state index in [-0.39, 0.29) is 0 Å². The van der Waals surface area contributed by atoms with Crippen LogP contribution in [0.15, 0.2) is 24.3 Å². The van der Waals surface area contributed by atoms with Crippen LogP contribution in [0.4, 0.5) is 0 Å². The summed E-state index contributed by atoms with van der Waals surface area (Å²) in [6, 6.07) is 7.09. The van der Waals surface area contributed by atoms with Crippen molar-refractivity contribution in [1.82, 2.24) is 4.90 Å². The fourth-order valence-corrected chi connectivity index (χ4v) is 2.67. The van der Waals surface area contributed by atoms with Gasteiger partial charge in [-0.2, -0.15) is 5.26 Å². The molecule has 0 aromatic heterocycles. The molecule has 126 valence electrons. The maximum Gasteiger partial charge on any atom is 0.247 e. The van der Waals surface area contributed by atoms with E-state index in [1.165, 1.54) is 26.4 Å². The van der Waals surface area contributed by atoms with Crippen LogP contribution >= 0.6 is 0 Å². The number of hydrogen-bond acceptors (Lipinski definition) is 5. The van der Waals surface area contributed by atoms with Crippen LogP contribution in [-0.2, 0) is 9.59 Å². The first-order valence-electron chi connectivity index (χ1n) is 7.73. The lowest BCUT2D eigenvalue weighted by molar-refractivity contribution is -0.136. The summed E-state index contributed by atoms with van der Waals surface area (Å²) in [5, 5.41) is 9.21. The summed E-state index contributed by atoms with van der Waals surface area (Å²) < 4.78 is 10.5. The van der Waals surface area contributed by atoms with Crippen molar-refractivity contribution in [3.63, 3.8) is 0 Å². The molecule has 0 N–H and O–H groups in total. The standard InChI is InChI=1S/C18H20N2O4/c1-23-16-7-5-6-13(17(16)24-2)8-9-15(21)14(12-19)18(22)20-10-3-4-11-20/h5-9,14H,3-4,10-11H2,1-2H3. The average molecular weight is 328 g/mol. The number of para-hydroxylation sites is 1. The number of ketones is 1. The topological polar surface area (TPSA) is 79.6 Å². The molecule has 1 aromatic carbocycles. The third-order valence-electron chi connectivity index (χ3n) is 3.94. The first kappa shape index (κ1) is 17.5. The van der Waals surface area contributed by atoms with E-state index in [9.17, 15) is 14.9 Å². The molecule has 0 bridgehead atoms. The van der Waals surface area contributed by atoms with E-state index in [0.717, 1.165) is 12.8 Å². The van der Waals surface area contributed by atoms with Gasteiger partial charge in [0.2, 0.25) is 5.91 Å². The van der Waals surface area contributed by atoms with Crippen molar-refractivity contribution < 1.29 is 19.1 Å². The Morgan fingerprint density at radius 2 is 1.96 bits per heavy atom. The smallest absolute Gasteiger partial charge is 0.247 e. The van der Waals surface area contributed by atoms with E-state index in [1.807, 2.05) is 6.07 Å². The first-order chi connectivity index (χ1) is 11.6. The zero-order chi connectivity index (χ0) is 17.5. The number of methoxy groups -OCH3 is 2. The minimum atomic E-state index is -1.30. The molecular formula is C18H20N2O4. The predicted octanol–water partition coefficient (Wildman–Crippen LogP) is 2.05. The Morgan fingerprint density at radius 3 is 2.54 bits per heavy atom. The van der Waals surface area contributed by atoms with Gasteiger partial charge in [-0.05, 0) is 31.1 Å². The molecule has 0 saturated carbocycles. The van der Waals surface area contributed by atoms with Gasteiger partial charge in [-0.15, -0.1) is 0 Å². The van der Waals surface area contributed by atoms with Crippen molar-refractivity contribution in [2.24, 2.45) is 5.92 Å². The maximum absolute atomic E-state index is 12.3. The zero-order valence-corrected chi connectivity index (χ0v) is 13.8. The number of allylic oxidation sites excluding steroid dienone is 1. The molecule has 2 rings (SSSR count). The monoisotopic (exact) mass is 328 g/mol. The lowest BCUT2D eigenvalue weighted by atomic mass is 10.0. The maximum atomic E-state index is 12.3. The lowest BCUT2D eigenvalue weighted by Crippen LogP contribution is -2.36. The average Bonchev–Trinajstić information content (AvgIpc) is 3.14. The largest absolute Gasteiger partial charge is 0.493 e. The Kier molecular flexibility index (Phi) is 5.96. The van der Waals surface area contributed by atoms with E-state index >= 15 is 0 Å². The highest BCUT2D eigenvalue weighted by molar-refractivity contribution is 6.10. The molecule has 0 radical (unpaired) electrons. The highest BCUT2D eigenvalue weighted by atomic mass is 16.5. The number of rotatable bonds is 6. The van der Waals surface area contributed by atoms with Crippen LogP contribution in [0.2, 0.25) is 0 Å². The fourth-order valence-electron chi connectivity index (χ4n) is 2.67. The minimum Gasteiger partial charge on any atom is -0.493 e. The van der Waals surface area contributed by atoms with Gasteiger partial charge in [0.1, 0.15) is 0 Å². The van der Waals surface area contributed by atoms with Crippen LogP contribution < -0.4 is 9.47 Å². The van der Waals surface area contributed by atoms with Crippen LogP contribution in [0.3, 0.4) is 0 Å². The number of amides is 1. The molecule has 1 aliphatic heterocycles. The molecule has 1 aromatic rings. The van der Waals surface area contributed by atoms with Gasteiger partial charge >= 0.3 is 0 Å². The number of ether oxygens (including phenoxy) is 2. The number of carbonyl (C=O) groups excluding carboxylic acids is 2. The summed E-state index contributed by atoms with van der Waals surface area (Å²) >= 11 is 0. The number of benzene rings is 1. The van der Waals surface area contributed by atoms with Gasteiger partial charge in [-0.25, -0.2) is 0 Å². The van der Waals surface area contributed by atoms with Gasteiger partial charge in [0, 0.05) is 18.7 Å². The summed E-state index contributed by atoms with van der Waals surface area (Å²) in [5.41, 5.74) is 0.635. The third kappa shape index (κ3) is 3.74. The second-order valence-electron chi connectivity index (χ2n) is 5.41. The molecule has 1 heterocycles. The van der Waals surface area contributed by atoms with Gasteiger partial charge in [-0.3, -0.25) is 9.59 Å². The third-order valence-corrected chi connectivity index (χ3v) is 3.94. The van der Waals surface area contributed by atoms with Crippen LogP contribution in [0.25, 0.3) is 6.08 Å². The zero-order valence-electron chi connectivity index (χ0n) is 13.8. The van der Waals surface area contributed by atoms with E-state index in [1.54, 1.807) is 23.1 Å². The molecule has 6 heteroatoms. The second kappa shape index (κ2) is 8.16. The normalized spacial score (nSPS) is 15.1. The number of nitrogens with zero attached hydrogens (tertiary/aromatic N) is 2.